The summed E-state index contributed by atoms with van der Waals surface area (Å²) in [6.07, 6.45) is 1.39. The number of ether oxygens (including phenoxy) is 1. The Morgan fingerprint density at radius 1 is 1.16 bits per heavy atom. The first kappa shape index (κ1) is 16.8. The maximum atomic E-state index is 13.8. The largest absolute Gasteiger partial charge is 0.465 e. The van der Waals surface area contributed by atoms with Gasteiger partial charge in [0.15, 0.2) is 0 Å². The molecule has 5 nitrogen and oxygen atoms in total. The van der Waals surface area contributed by atoms with Gasteiger partial charge in [-0.2, -0.15) is 0 Å². The van der Waals surface area contributed by atoms with Crippen molar-refractivity contribution < 1.29 is 18.7 Å². The number of carbonyl (C=O) groups is 2. The van der Waals surface area contributed by atoms with Gasteiger partial charge in [0, 0.05) is 11.3 Å². The highest BCUT2D eigenvalue weighted by molar-refractivity contribution is 7.17. The van der Waals surface area contributed by atoms with Crippen LogP contribution in [0, 0.1) is 5.82 Å². The summed E-state index contributed by atoms with van der Waals surface area (Å²) < 4.78 is 18.5. The second-order valence-electron chi connectivity index (χ2n) is 5.04. The number of rotatable bonds is 4. The second kappa shape index (κ2) is 7.23. The minimum Gasteiger partial charge on any atom is -0.465 e. The maximum absolute atomic E-state index is 13.8. The quantitative estimate of drug-likeness (QED) is 0.718. The first-order valence-corrected chi connectivity index (χ1v) is 8.10. The number of amides is 1. The third kappa shape index (κ3) is 3.72. The first-order chi connectivity index (χ1) is 12.1. The molecule has 126 valence electrons. The van der Waals surface area contributed by atoms with Gasteiger partial charge in [-0.15, -0.1) is 11.3 Å². The number of aromatic nitrogens is 1. The number of nitrogens with one attached hydrogen (secondary N) is 1. The van der Waals surface area contributed by atoms with Crippen LogP contribution in [-0.4, -0.2) is 24.0 Å². The van der Waals surface area contributed by atoms with Crippen LogP contribution in [0.25, 0.3) is 10.6 Å². The Labute approximate surface area is 147 Å². The average Bonchev–Trinajstić information content (AvgIpc) is 3.11. The fraction of sp³-hybridized carbons (Fsp3) is 0.0556. The summed E-state index contributed by atoms with van der Waals surface area (Å²) >= 11 is 1.09. The van der Waals surface area contributed by atoms with Crippen molar-refractivity contribution in [3.63, 3.8) is 0 Å². The lowest BCUT2D eigenvalue weighted by Gasteiger charge is -2.05. The smallest absolute Gasteiger partial charge is 0.337 e. The molecule has 0 atom stereocenters. The van der Waals surface area contributed by atoms with Gasteiger partial charge in [0.2, 0.25) is 0 Å². The predicted molar refractivity (Wildman–Crippen MR) is 93.2 cm³/mol. The van der Waals surface area contributed by atoms with Crippen molar-refractivity contribution in [2.75, 3.05) is 12.4 Å². The van der Waals surface area contributed by atoms with Crippen molar-refractivity contribution in [3.8, 4) is 10.6 Å². The Morgan fingerprint density at radius 2 is 1.96 bits per heavy atom. The van der Waals surface area contributed by atoms with E-state index < -0.39 is 11.8 Å². The fourth-order valence-electron chi connectivity index (χ4n) is 2.17. The van der Waals surface area contributed by atoms with Gasteiger partial charge in [0.05, 0.1) is 18.9 Å². The zero-order chi connectivity index (χ0) is 17.8. The molecule has 1 heterocycles. The molecule has 7 heteroatoms. The van der Waals surface area contributed by atoms with Crippen molar-refractivity contribution >= 4 is 28.9 Å². The lowest BCUT2D eigenvalue weighted by atomic mass is 10.2. The van der Waals surface area contributed by atoms with Crippen LogP contribution in [0.2, 0.25) is 0 Å². The number of anilines is 1. The molecule has 1 amide bonds. The molecule has 25 heavy (non-hydrogen) atoms. The number of benzene rings is 2. The van der Waals surface area contributed by atoms with Crippen LogP contribution in [0.3, 0.4) is 0 Å². The Balaban J connectivity index is 1.79. The summed E-state index contributed by atoms with van der Waals surface area (Å²) in [5.41, 5.74) is 1.13. The van der Waals surface area contributed by atoms with Gasteiger partial charge in [0.25, 0.3) is 5.91 Å². The topological polar surface area (TPSA) is 68.3 Å². The molecule has 3 aromatic rings. The summed E-state index contributed by atoms with van der Waals surface area (Å²) in [5.74, 6) is -1.27. The average molecular weight is 356 g/mol. The van der Waals surface area contributed by atoms with Crippen LogP contribution >= 0.6 is 11.3 Å². The first-order valence-electron chi connectivity index (χ1n) is 7.29. The molecule has 0 radical (unpaired) electrons. The third-order valence-electron chi connectivity index (χ3n) is 3.38. The molecular formula is C18H13FN2O3S. The van der Waals surface area contributed by atoms with Crippen molar-refractivity contribution in [2.45, 2.75) is 0 Å². The summed E-state index contributed by atoms with van der Waals surface area (Å²) in [7, 11) is 1.29. The van der Waals surface area contributed by atoms with Gasteiger partial charge in [-0.1, -0.05) is 18.2 Å². The zero-order valence-corrected chi connectivity index (χ0v) is 14.0. The van der Waals surface area contributed by atoms with E-state index in [1.165, 1.54) is 25.4 Å². The maximum Gasteiger partial charge on any atom is 0.337 e. The SMILES string of the molecule is COC(=O)c1cccc(NC(=O)c2cnc(-c3ccccc3F)s2)c1. The molecule has 1 N–H and O–H groups in total. The van der Waals surface area contributed by atoms with Gasteiger partial charge in [-0.3, -0.25) is 4.79 Å². The highest BCUT2D eigenvalue weighted by atomic mass is 32.1. The number of nitrogens with zero attached hydrogens (tertiary/aromatic N) is 1. The molecule has 2 aromatic carbocycles. The molecule has 0 unspecified atom stereocenters. The van der Waals surface area contributed by atoms with Gasteiger partial charge in [-0.25, -0.2) is 14.2 Å². The van der Waals surface area contributed by atoms with Crippen molar-refractivity contribution in [3.05, 3.63) is 71.0 Å². The van der Waals surface area contributed by atoms with Crippen molar-refractivity contribution in [1.82, 2.24) is 4.98 Å². The van der Waals surface area contributed by atoms with Crippen molar-refractivity contribution in [1.29, 1.82) is 0 Å². The van der Waals surface area contributed by atoms with E-state index in [2.05, 4.69) is 15.0 Å². The number of carbonyl (C=O) groups excluding carboxylic acids is 2. The standard InChI is InChI=1S/C18H13FN2O3S/c1-24-18(23)11-5-4-6-12(9-11)21-16(22)15-10-20-17(25-15)13-7-2-3-8-14(13)19/h2-10H,1H3,(H,21,22). The van der Waals surface area contributed by atoms with Gasteiger partial charge >= 0.3 is 5.97 Å². The van der Waals surface area contributed by atoms with Crippen molar-refractivity contribution in [2.24, 2.45) is 0 Å². The summed E-state index contributed by atoms with van der Waals surface area (Å²) in [4.78, 5) is 28.3. The number of halogens is 1. The Morgan fingerprint density at radius 3 is 2.72 bits per heavy atom. The van der Waals surface area contributed by atoms with E-state index in [0.717, 1.165) is 11.3 Å². The fourth-order valence-corrected chi connectivity index (χ4v) is 3.01. The van der Waals surface area contributed by atoms with Crippen LogP contribution < -0.4 is 5.32 Å². The second-order valence-corrected chi connectivity index (χ2v) is 6.07. The number of esters is 1. The summed E-state index contributed by atoms with van der Waals surface area (Å²) in [6.45, 7) is 0. The molecule has 0 saturated carbocycles. The highest BCUT2D eigenvalue weighted by Crippen LogP contribution is 2.27. The van der Waals surface area contributed by atoms with Gasteiger partial charge in [-0.05, 0) is 30.3 Å². The van der Waals surface area contributed by atoms with Gasteiger partial charge < -0.3 is 10.1 Å². The van der Waals surface area contributed by atoms with E-state index in [0.29, 0.717) is 26.7 Å². The van der Waals surface area contributed by atoms with Crippen LogP contribution in [-0.2, 0) is 4.74 Å². The number of hydrogen-bond acceptors (Lipinski definition) is 5. The minimum atomic E-state index is -0.490. The monoisotopic (exact) mass is 356 g/mol. The Hall–Kier alpha value is -3.06. The van der Waals surface area contributed by atoms with E-state index in [1.54, 1.807) is 36.4 Å². The molecule has 0 fully saturated rings. The van der Waals surface area contributed by atoms with E-state index in [9.17, 15) is 14.0 Å². The van der Waals surface area contributed by atoms with Crippen LogP contribution in [0.1, 0.15) is 20.0 Å². The third-order valence-corrected chi connectivity index (χ3v) is 4.40. The number of thiazole rings is 1. The highest BCUT2D eigenvalue weighted by Gasteiger charge is 2.15. The molecule has 0 bridgehead atoms. The zero-order valence-electron chi connectivity index (χ0n) is 13.2. The normalized spacial score (nSPS) is 10.3. The van der Waals surface area contributed by atoms with E-state index in [4.69, 9.17) is 0 Å². The Bertz CT molecular complexity index is 939. The van der Waals surface area contributed by atoms with E-state index in [-0.39, 0.29) is 5.91 Å². The summed E-state index contributed by atoms with van der Waals surface area (Å²) in [5, 5.41) is 3.11. The lowest BCUT2D eigenvalue weighted by molar-refractivity contribution is 0.0600. The molecule has 1 aromatic heterocycles. The van der Waals surface area contributed by atoms with Crippen LogP contribution in [0.5, 0.6) is 0 Å². The van der Waals surface area contributed by atoms with Gasteiger partial charge in [0.1, 0.15) is 15.7 Å². The molecule has 0 aliphatic rings. The lowest BCUT2D eigenvalue weighted by Crippen LogP contribution is -2.11. The minimum absolute atomic E-state index is 0.330. The molecule has 0 saturated heterocycles. The molecule has 0 aliphatic carbocycles. The van der Waals surface area contributed by atoms with Crippen LogP contribution in [0.15, 0.2) is 54.7 Å². The van der Waals surface area contributed by atoms with E-state index >= 15 is 0 Å². The predicted octanol–water partition coefficient (Wildman–Crippen LogP) is 3.99. The Kier molecular flexibility index (Phi) is 4.85. The van der Waals surface area contributed by atoms with Crippen LogP contribution in [0.4, 0.5) is 10.1 Å². The summed E-state index contributed by atoms with van der Waals surface area (Å²) in [6, 6.07) is 12.6. The molecule has 0 aliphatic heterocycles. The number of methoxy groups -OCH3 is 1. The molecule has 3 rings (SSSR count). The molecule has 0 spiro atoms. The molecular weight excluding hydrogens is 343 g/mol. The number of hydrogen-bond donors (Lipinski definition) is 1. The van der Waals surface area contributed by atoms with E-state index in [1.807, 2.05) is 0 Å².